The minimum absolute atomic E-state index is 0.736. The Kier molecular flexibility index (Phi) is 4.76. The smallest absolute Gasteiger partial charge is 0.142 e. The van der Waals surface area contributed by atoms with Crippen molar-refractivity contribution in [2.45, 2.75) is 27.2 Å². The van der Waals surface area contributed by atoms with E-state index in [9.17, 15) is 0 Å². The zero-order valence-corrected chi connectivity index (χ0v) is 10.3. The van der Waals surface area contributed by atoms with Crippen LogP contribution in [0.3, 0.4) is 0 Å². The topological polar surface area (TPSA) is 21.3 Å². The number of rotatable bonds is 5. The Labute approximate surface area is 96.6 Å². The van der Waals surface area contributed by atoms with Crippen LogP contribution < -0.4 is 10.1 Å². The molecule has 0 radical (unpaired) electrons. The highest BCUT2D eigenvalue weighted by Crippen LogP contribution is 2.31. The van der Waals surface area contributed by atoms with E-state index in [4.69, 9.17) is 16.3 Å². The Bertz CT molecular complexity index is 326. The fraction of sp³-hybridized carbons (Fsp3) is 0.500. The average molecular weight is 228 g/mol. The first-order chi connectivity index (χ1) is 7.19. The van der Waals surface area contributed by atoms with E-state index in [0.29, 0.717) is 0 Å². The van der Waals surface area contributed by atoms with Crippen molar-refractivity contribution in [3.8, 4) is 5.75 Å². The fourth-order valence-corrected chi connectivity index (χ4v) is 1.48. The lowest BCUT2D eigenvalue weighted by Crippen LogP contribution is -2.03. The molecule has 3 heteroatoms. The molecule has 1 aromatic rings. The van der Waals surface area contributed by atoms with Crippen molar-refractivity contribution in [1.82, 2.24) is 0 Å². The van der Waals surface area contributed by atoms with Crippen molar-refractivity contribution >= 4 is 17.3 Å². The van der Waals surface area contributed by atoms with Gasteiger partial charge in [0, 0.05) is 11.6 Å². The maximum absolute atomic E-state index is 6.06. The van der Waals surface area contributed by atoms with E-state index in [1.54, 1.807) is 0 Å². The zero-order valence-electron chi connectivity index (χ0n) is 9.56. The molecule has 2 nitrogen and oxygen atoms in total. The van der Waals surface area contributed by atoms with Gasteiger partial charge in [-0.2, -0.15) is 0 Å². The Morgan fingerprint density at radius 2 is 2.07 bits per heavy atom. The van der Waals surface area contributed by atoms with Crippen molar-refractivity contribution in [2.75, 3.05) is 18.5 Å². The quantitative estimate of drug-likeness (QED) is 0.825. The van der Waals surface area contributed by atoms with Crippen LogP contribution in [-0.4, -0.2) is 13.2 Å². The Balaban J connectivity index is 2.93. The third-order valence-electron chi connectivity index (χ3n) is 2.09. The Hall–Kier alpha value is -0.890. The third-order valence-corrected chi connectivity index (χ3v) is 2.50. The minimum atomic E-state index is 0.736. The molecular formula is C12H18ClNO. The number of hydrogen-bond donors (Lipinski definition) is 1. The van der Waals surface area contributed by atoms with Crippen LogP contribution in [0.1, 0.15) is 25.8 Å². The number of halogens is 1. The summed E-state index contributed by atoms with van der Waals surface area (Å²) in [6, 6.07) is 3.90. The molecule has 0 aliphatic heterocycles. The maximum Gasteiger partial charge on any atom is 0.142 e. The Morgan fingerprint density at radius 3 is 2.67 bits per heavy atom. The number of hydrogen-bond acceptors (Lipinski definition) is 2. The maximum atomic E-state index is 6.06. The molecule has 0 heterocycles. The summed E-state index contributed by atoms with van der Waals surface area (Å²) >= 11 is 6.06. The van der Waals surface area contributed by atoms with E-state index >= 15 is 0 Å². The number of anilines is 1. The van der Waals surface area contributed by atoms with Gasteiger partial charge in [0.15, 0.2) is 0 Å². The van der Waals surface area contributed by atoms with Gasteiger partial charge in [-0.1, -0.05) is 18.5 Å². The van der Waals surface area contributed by atoms with E-state index in [1.807, 2.05) is 19.1 Å². The highest BCUT2D eigenvalue weighted by molar-refractivity contribution is 6.31. The minimum Gasteiger partial charge on any atom is -0.491 e. The van der Waals surface area contributed by atoms with Crippen molar-refractivity contribution in [1.29, 1.82) is 0 Å². The van der Waals surface area contributed by atoms with E-state index in [2.05, 4.69) is 19.2 Å². The highest BCUT2D eigenvalue weighted by Gasteiger charge is 2.06. The predicted molar refractivity (Wildman–Crippen MR) is 66.1 cm³/mol. The molecule has 15 heavy (non-hydrogen) atoms. The summed E-state index contributed by atoms with van der Waals surface area (Å²) in [6.45, 7) is 7.73. The lowest BCUT2D eigenvalue weighted by molar-refractivity contribution is 0.318. The van der Waals surface area contributed by atoms with Crippen LogP contribution >= 0.6 is 11.6 Å². The van der Waals surface area contributed by atoms with Crippen LogP contribution in [0.4, 0.5) is 5.69 Å². The van der Waals surface area contributed by atoms with Crippen LogP contribution in [0.25, 0.3) is 0 Å². The molecule has 0 saturated heterocycles. The van der Waals surface area contributed by atoms with E-state index in [1.165, 1.54) is 0 Å². The molecule has 0 bridgehead atoms. The first kappa shape index (κ1) is 12.2. The average Bonchev–Trinajstić information content (AvgIpc) is 2.21. The molecule has 0 saturated carbocycles. The van der Waals surface area contributed by atoms with Crippen molar-refractivity contribution in [3.05, 3.63) is 22.7 Å². The number of aryl methyl sites for hydroxylation is 1. The van der Waals surface area contributed by atoms with Crippen LogP contribution in [0.15, 0.2) is 12.1 Å². The van der Waals surface area contributed by atoms with Gasteiger partial charge in [-0.05, 0) is 38.0 Å². The summed E-state index contributed by atoms with van der Waals surface area (Å²) in [4.78, 5) is 0. The second-order valence-corrected chi connectivity index (χ2v) is 3.88. The van der Waals surface area contributed by atoms with Gasteiger partial charge in [-0.15, -0.1) is 0 Å². The predicted octanol–water partition coefficient (Wildman–Crippen LogP) is 3.87. The molecule has 84 valence electrons. The first-order valence-electron chi connectivity index (χ1n) is 5.35. The molecule has 0 amide bonds. The standard InChI is InChI=1S/C12H18ClNO/c1-4-6-15-12-7-9(3)10(13)8-11(12)14-5-2/h7-8,14H,4-6H2,1-3H3. The first-order valence-corrected chi connectivity index (χ1v) is 5.73. The number of nitrogens with one attached hydrogen (secondary N) is 1. The summed E-state index contributed by atoms with van der Waals surface area (Å²) in [5, 5.41) is 4.02. The molecule has 0 unspecified atom stereocenters. The number of benzene rings is 1. The van der Waals surface area contributed by atoms with Crippen LogP contribution in [0, 0.1) is 6.92 Å². The van der Waals surface area contributed by atoms with Gasteiger partial charge >= 0.3 is 0 Å². The van der Waals surface area contributed by atoms with Gasteiger partial charge in [0.1, 0.15) is 5.75 Å². The molecule has 1 aromatic carbocycles. The fourth-order valence-electron chi connectivity index (χ4n) is 1.32. The second-order valence-electron chi connectivity index (χ2n) is 3.48. The molecule has 1 rings (SSSR count). The second kappa shape index (κ2) is 5.86. The van der Waals surface area contributed by atoms with Gasteiger partial charge in [-0.25, -0.2) is 0 Å². The van der Waals surface area contributed by atoms with Crippen molar-refractivity contribution in [2.24, 2.45) is 0 Å². The number of ether oxygens (including phenoxy) is 1. The van der Waals surface area contributed by atoms with E-state index in [-0.39, 0.29) is 0 Å². The van der Waals surface area contributed by atoms with Crippen molar-refractivity contribution < 1.29 is 4.74 Å². The lowest BCUT2D eigenvalue weighted by atomic mass is 10.2. The van der Waals surface area contributed by atoms with E-state index in [0.717, 1.165) is 41.6 Å². The Morgan fingerprint density at radius 1 is 1.33 bits per heavy atom. The van der Waals surface area contributed by atoms with Gasteiger partial charge < -0.3 is 10.1 Å². The van der Waals surface area contributed by atoms with E-state index < -0.39 is 0 Å². The largest absolute Gasteiger partial charge is 0.491 e. The van der Waals surface area contributed by atoms with Crippen molar-refractivity contribution in [3.63, 3.8) is 0 Å². The molecule has 0 aliphatic carbocycles. The van der Waals surface area contributed by atoms with Crippen LogP contribution in [0.2, 0.25) is 5.02 Å². The molecule has 0 atom stereocenters. The molecule has 0 fully saturated rings. The molecule has 1 N–H and O–H groups in total. The zero-order chi connectivity index (χ0) is 11.3. The van der Waals surface area contributed by atoms with Gasteiger partial charge in [0.05, 0.1) is 12.3 Å². The molecule has 0 aromatic heterocycles. The SMILES string of the molecule is CCCOc1cc(C)c(Cl)cc1NCC. The molecule has 0 aliphatic rings. The normalized spacial score (nSPS) is 10.1. The summed E-state index contributed by atoms with van der Waals surface area (Å²) < 4.78 is 5.65. The van der Waals surface area contributed by atoms with Gasteiger partial charge in [-0.3, -0.25) is 0 Å². The summed E-state index contributed by atoms with van der Waals surface area (Å²) in [6.07, 6.45) is 1.01. The summed E-state index contributed by atoms with van der Waals surface area (Å²) in [5.41, 5.74) is 2.02. The lowest BCUT2D eigenvalue weighted by Gasteiger charge is -2.13. The molecular weight excluding hydrogens is 210 g/mol. The van der Waals surface area contributed by atoms with Crippen LogP contribution in [-0.2, 0) is 0 Å². The van der Waals surface area contributed by atoms with Gasteiger partial charge in [0.2, 0.25) is 0 Å². The summed E-state index contributed by atoms with van der Waals surface area (Å²) in [5.74, 6) is 0.889. The van der Waals surface area contributed by atoms with Crippen LogP contribution in [0.5, 0.6) is 5.75 Å². The van der Waals surface area contributed by atoms with Gasteiger partial charge in [0.25, 0.3) is 0 Å². The third kappa shape index (κ3) is 3.31. The molecule has 0 spiro atoms. The summed E-state index contributed by atoms with van der Waals surface area (Å²) in [7, 11) is 0. The monoisotopic (exact) mass is 227 g/mol. The highest BCUT2D eigenvalue weighted by atomic mass is 35.5.